The molecule has 0 atom stereocenters. The van der Waals surface area contributed by atoms with E-state index >= 15 is 0 Å². The molecule has 1 aromatic heterocycles. The molecule has 1 amide bonds. The zero-order chi connectivity index (χ0) is 11.4. The van der Waals surface area contributed by atoms with Gasteiger partial charge in [-0.2, -0.15) is 0 Å². The van der Waals surface area contributed by atoms with E-state index in [9.17, 15) is 9.59 Å². The standard InChI is InChI=1S/C11H8N2O2S/c14-5-8-1-3-9(4-2-8)13-11(15)10-6-16-7-12-10/h1-7H,(H,13,15). The summed E-state index contributed by atoms with van der Waals surface area (Å²) in [7, 11) is 0. The zero-order valence-electron chi connectivity index (χ0n) is 8.21. The largest absolute Gasteiger partial charge is 0.321 e. The lowest BCUT2D eigenvalue weighted by molar-refractivity contribution is 0.102. The van der Waals surface area contributed by atoms with Gasteiger partial charge in [-0.25, -0.2) is 4.98 Å². The van der Waals surface area contributed by atoms with Gasteiger partial charge in [-0.3, -0.25) is 9.59 Å². The number of aldehydes is 1. The van der Waals surface area contributed by atoms with Gasteiger partial charge in [0.1, 0.15) is 12.0 Å². The Kier molecular flexibility index (Phi) is 3.07. The minimum Gasteiger partial charge on any atom is -0.321 e. The molecule has 16 heavy (non-hydrogen) atoms. The van der Waals surface area contributed by atoms with Crippen molar-refractivity contribution in [2.75, 3.05) is 5.32 Å². The molecule has 0 radical (unpaired) electrons. The van der Waals surface area contributed by atoms with Crippen molar-refractivity contribution in [2.45, 2.75) is 0 Å². The molecule has 0 aliphatic heterocycles. The molecule has 1 heterocycles. The maximum Gasteiger partial charge on any atom is 0.275 e. The fourth-order valence-electron chi connectivity index (χ4n) is 1.16. The molecule has 0 bridgehead atoms. The van der Waals surface area contributed by atoms with Crippen LogP contribution in [0, 0.1) is 0 Å². The van der Waals surface area contributed by atoms with Crippen molar-refractivity contribution < 1.29 is 9.59 Å². The highest BCUT2D eigenvalue weighted by atomic mass is 32.1. The van der Waals surface area contributed by atoms with E-state index in [1.807, 2.05) is 0 Å². The Morgan fingerprint density at radius 3 is 2.62 bits per heavy atom. The van der Waals surface area contributed by atoms with Gasteiger partial charge in [0.05, 0.1) is 5.51 Å². The van der Waals surface area contributed by atoms with Crippen LogP contribution in [0.5, 0.6) is 0 Å². The average Bonchev–Trinajstić information content (AvgIpc) is 2.83. The lowest BCUT2D eigenvalue weighted by Gasteiger charge is -2.02. The number of thiazole rings is 1. The summed E-state index contributed by atoms with van der Waals surface area (Å²) in [5.74, 6) is -0.250. The lowest BCUT2D eigenvalue weighted by atomic mass is 10.2. The summed E-state index contributed by atoms with van der Waals surface area (Å²) in [6.07, 6.45) is 0.756. The number of hydrogen-bond acceptors (Lipinski definition) is 4. The molecule has 4 nitrogen and oxygen atoms in total. The van der Waals surface area contributed by atoms with Gasteiger partial charge in [-0.05, 0) is 24.3 Å². The molecule has 1 N–H and O–H groups in total. The maximum atomic E-state index is 11.6. The van der Waals surface area contributed by atoms with E-state index in [-0.39, 0.29) is 5.91 Å². The Balaban J connectivity index is 2.09. The molecule has 0 saturated heterocycles. The molecule has 0 fully saturated rings. The monoisotopic (exact) mass is 232 g/mol. The van der Waals surface area contributed by atoms with Crippen molar-refractivity contribution in [2.24, 2.45) is 0 Å². The molecule has 0 aliphatic carbocycles. The summed E-state index contributed by atoms with van der Waals surface area (Å²) in [4.78, 5) is 25.9. The van der Waals surface area contributed by atoms with E-state index in [4.69, 9.17) is 0 Å². The molecule has 2 aromatic rings. The van der Waals surface area contributed by atoms with Crippen LogP contribution in [0.4, 0.5) is 5.69 Å². The molecule has 0 aliphatic rings. The van der Waals surface area contributed by atoms with Gasteiger partial charge in [0.25, 0.3) is 5.91 Å². The van der Waals surface area contributed by atoms with Gasteiger partial charge in [-0.1, -0.05) is 0 Å². The minimum absolute atomic E-state index is 0.250. The Morgan fingerprint density at radius 2 is 2.06 bits per heavy atom. The Bertz CT molecular complexity index is 491. The van der Waals surface area contributed by atoms with Gasteiger partial charge >= 0.3 is 0 Å². The quantitative estimate of drug-likeness (QED) is 0.825. The van der Waals surface area contributed by atoms with E-state index < -0.39 is 0 Å². The number of amides is 1. The molecule has 1 aromatic carbocycles. The number of rotatable bonds is 3. The van der Waals surface area contributed by atoms with Gasteiger partial charge in [-0.15, -0.1) is 11.3 Å². The first-order valence-corrected chi connectivity index (χ1v) is 5.48. The van der Waals surface area contributed by atoms with Gasteiger partial charge in [0.2, 0.25) is 0 Å². The number of nitrogens with zero attached hydrogens (tertiary/aromatic N) is 1. The van der Waals surface area contributed by atoms with Crippen LogP contribution in [0.2, 0.25) is 0 Å². The van der Waals surface area contributed by atoms with Crippen LogP contribution in [0.15, 0.2) is 35.2 Å². The topological polar surface area (TPSA) is 59.1 Å². The number of hydrogen-bond donors (Lipinski definition) is 1. The lowest BCUT2D eigenvalue weighted by Crippen LogP contribution is -2.11. The number of anilines is 1. The molecule has 0 saturated carbocycles. The van der Waals surface area contributed by atoms with E-state index in [1.165, 1.54) is 11.3 Å². The van der Waals surface area contributed by atoms with Gasteiger partial charge in [0, 0.05) is 16.6 Å². The first-order chi connectivity index (χ1) is 7.79. The van der Waals surface area contributed by atoms with Crippen LogP contribution in [0.1, 0.15) is 20.8 Å². The molecule has 2 rings (SSSR count). The fraction of sp³-hybridized carbons (Fsp3) is 0. The highest BCUT2D eigenvalue weighted by Gasteiger charge is 2.07. The van der Waals surface area contributed by atoms with E-state index in [2.05, 4.69) is 10.3 Å². The van der Waals surface area contributed by atoms with Crippen molar-refractivity contribution in [3.63, 3.8) is 0 Å². The Labute approximate surface area is 96.0 Å². The van der Waals surface area contributed by atoms with E-state index in [0.29, 0.717) is 16.9 Å². The highest BCUT2D eigenvalue weighted by molar-refractivity contribution is 7.07. The number of nitrogens with one attached hydrogen (secondary N) is 1. The van der Waals surface area contributed by atoms with Crippen molar-refractivity contribution >= 4 is 29.2 Å². The fourth-order valence-corrected chi connectivity index (χ4v) is 1.70. The highest BCUT2D eigenvalue weighted by Crippen LogP contribution is 2.10. The summed E-state index contributed by atoms with van der Waals surface area (Å²) < 4.78 is 0. The van der Waals surface area contributed by atoms with Crippen LogP contribution in [-0.2, 0) is 0 Å². The molecular weight excluding hydrogens is 224 g/mol. The van der Waals surface area contributed by atoms with Crippen molar-refractivity contribution in [1.29, 1.82) is 0 Å². The van der Waals surface area contributed by atoms with Crippen LogP contribution in [0.3, 0.4) is 0 Å². The molecule has 0 spiro atoms. The summed E-state index contributed by atoms with van der Waals surface area (Å²) in [6, 6.07) is 6.63. The van der Waals surface area contributed by atoms with Crippen LogP contribution in [-0.4, -0.2) is 17.2 Å². The molecule has 5 heteroatoms. The Hall–Kier alpha value is -2.01. The first-order valence-electron chi connectivity index (χ1n) is 4.54. The third kappa shape index (κ3) is 2.32. The number of benzene rings is 1. The third-order valence-electron chi connectivity index (χ3n) is 1.97. The second-order valence-electron chi connectivity index (χ2n) is 3.07. The predicted octanol–water partition coefficient (Wildman–Crippen LogP) is 2.21. The van der Waals surface area contributed by atoms with Crippen LogP contribution in [0.25, 0.3) is 0 Å². The Morgan fingerprint density at radius 1 is 1.31 bits per heavy atom. The second-order valence-corrected chi connectivity index (χ2v) is 3.79. The first kappa shape index (κ1) is 10.5. The summed E-state index contributed by atoms with van der Waals surface area (Å²) in [5, 5.41) is 4.36. The summed E-state index contributed by atoms with van der Waals surface area (Å²) in [6.45, 7) is 0. The normalized spacial score (nSPS) is 9.75. The zero-order valence-corrected chi connectivity index (χ0v) is 9.03. The number of carbonyl (C=O) groups is 2. The smallest absolute Gasteiger partial charge is 0.275 e. The molecular formula is C11H8N2O2S. The van der Waals surface area contributed by atoms with Crippen molar-refractivity contribution in [3.05, 3.63) is 46.4 Å². The maximum absolute atomic E-state index is 11.6. The SMILES string of the molecule is O=Cc1ccc(NC(=O)c2cscn2)cc1. The van der Waals surface area contributed by atoms with Crippen molar-refractivity contribution in [1.82, 2.24) is 4.98 Å². The minimum atomic E-state index is -0.250. The summed E-state index contributed by atoms with van der Waals surface area (Å²) in [5.41, 5.74) is 3.21. The van der Waals surface area contributed by atoms with Gasteiger partial charge in [0.15, 0.2) is 0 Å². The number of aromatic nitrogens is 1. The average molecular weight is 232 g/mol. The molecule has 80 valence electrons. The van der Waals surface area contributed by atoms with E-state index in [0.717, 1.165) is 6.29 Å². The number of carbonyl (C=O) groups excluding carboxylic acids is 2. The van der Waals surface area contributed by atoms with Gasteiger partial charge < -0.3 is 5.32 Å². The van der Waals surface area contributed by atoms with Crippen LogP contribution < -0.4 is 5.32 Å². The summed E-state index contributed by atoms with van der Waals surface area (Å²) >= 11 is 1.37. The predicted molar refractivity (Wildman–Crippen MR) is 61.9 cm³/mol. The van der Waals surface area contributed by atoms with E-state index in [1.54, 1.807) is 35.2 Å². The third-order valence-corrected chi connectivity index (χ3v) is 2.56. The van der Waals surface area contributed by atoms with Crippen molar-refractivity contribution in [3.8, 4) is 0 Å². The second kappa shape index (κ2) is 4.67. The van der Waals surface area contributed by atoms with Crippen LogP contribution >= 0.6 is 11.3 Å². The molecule has 0 unspecified atom stereocenters.